The summed E-state index contributed by atoms with van der Waals surface area (Å²) < 4.78 is 12.5. The molecular weight excluding hydrogens is 380 g/mol. The van der Waals surface area contributed by atoms with Crippen molar-refractivity contribution in [1.82, 2.24) is 4.98 Å². The van der Waals surface area contributed by atoms with E-state index in [1.807, 2.05) is 4.90 Å². The van der Waals surface area contributed by atoms with Crippen LogP contribution in [0.1, 0.15) is 31.3 Å². The topological polar surface area (TPSA) is 55.6 Å². The quantitative estimate of drug-likeness (QED) is 0.465. The first kappa shape index (κ1) is 19.6. The molecule has 1 aliphatic rings. The molecule has 0 N–H and O–H groups in total. The summed E-state index contributed by atoms with van der Waals surface area (Å²) in [7, 11) is -2.55. The Morgan fingerprint density at radius 2 is 1.59 bits per heavy atom. The second-order valence-corrected chi connectivity index (χ2v) is 12.7. The third kappa shape index (κ3) is 3.54. The van der Waals surface area contributed by atoms with Gasteiger partial charge >= 0.3 is 0 Å². The second-order valence-electron chi connectivity index (χ2n) is 8.48. The maximum Gasteiger partial charge on any atom is 0.298 e. The lowest BCUT2D eigenvalue weighted by atomic mass is 10.2. The summed E-state index contributed by atoms with van der Waals surface area (Å²) in [4.78, 5) is 17.1. The fourth-order valence-corrected chi connectivity index (χ4v) is 8.75. The molecule has 0 unspecified atom stereocenters. The van der Waals surface area contributed by atoms with Crippen LogP contribution in [0, 0.1) is 0 Å². The van der Waals surface area contributed by atoms with Crippen molar-refractivity contribution in [2.24, 2.45) is 0 Å². The van der Waals surface area contributed by atoms with Gasteiger partial charge in [-0.05, 0) is 15.4 Å². The number of oxazole rings is 1. The van der Waals surface area contributed by atoms with Gasteiger partial charge in [0.05, 0.1) is 6.10 Å². The zero-order valence-electron chi connectivity index (χ0n) is 17.0. The monoisotopic (exact) mass is 406 g/mol. The van der Waals surface area contributed by atoms with Gasteiger partial charge in [0.1, 0.15) is 12.0 Å². The number of rotatable bonds is 6. The molecule has 150 valence electrons. The lowest BCUT2D eigenvalue weighted by molar-refractivity contribution is 0.111. The molecule has 0 amide bonds. The molecule has 0 atom stereocenters. The Hall–Kier alpha value is -2.70. The van der Waals surface area contributed by atoms with Gasteiger partial charge in [-0.15, -0.1) is 0 Å². The van der Waals surface area contributed by atoms with Crippen LogP contribution in [0.4, 0.5) is 6.01 Å². The summed E-state index contributed by atoms with van der Waals surface area (Å²) in [6.45, 7) is 8.23. The van der Waals surface area contributed by atoms with E-state index in [1.165, 1.54) is 16.6 Å². The largest absolute Gasteiger partial charge is 0.431 e. The number of anilines is 1. The zero-order chi connectivity index (χ0) is 20.5. The van der Waals surface area contributed by atoms with Crippen LogP contribution in [0.2, 0.25) is 5.04 Å². The molecule has 2 aromatic carbocycles. The van der Waals surface area contributed by atoms with Gasteiger partial charge in [-0.2, -0.15) is 4.98 Å². The van der Waals surface area contributed by atoms with Crippen molar-refractivity contribution in [2.45, 2.75) is 31.9 Å². The first-order chi connectivity index (χ1) is 13.9. The highest BCUT2D eigenvalue weighted by Gasteiger charge is 2.52. The molecule has 1 aromatic heterocycles. The minimum Gasteiger partial charge on any atom is -0.431 e. The molecule has 5 nitrogen and oxygen atoms in total. The summed E-state index contributed by atoms with van der Waals surface area (Å²) in [6.07, 6.45) is 2.16. The Morgan fingerprint density at radius 1 is 1.03 bits per heavy atom. The van der Waals surface area contributed by atoms with Crippen molar-refractivity contribution < 1.29 is 13.6 Å². The molecule has 0 radical (unpaired) electrons. The maximum atomic E-state index is 10.9. The van der Waals surface area contributed by atoms with E-state index in [0.717, 1.165) is 0 Å². The Kier molecular flexibility index (Phi) is 5.15. The van der Waals surface area contributed by atoms with Crippen LogP contribution in [0.5, 0.6) is 0 Å². The normalized spacial score (nSPS) is 15.2. The Bertz CT molecular complexity index is 921. The zero-order valence-corrected chi connectivity index (χ0v) is 18.0. The van der Waals surface area contributed by atoms with Crippen LogP contribution < -0.4 is 15.3 Å². The number of hydrogen-bond acceptors (Lipinski definition) is 5. The van der Waals surface area contributed by atoms with Gasteiger partial charge < -0.3 is 13.7 Å². The highest BCUT2D eigenvalue weighted by Crippen LogP contribution is 2.38. The highest BCUT2D eigenvalue weighted by molar-refractivity contribution is 6.99. The predicted octanol–water partition coefficient (Wildman–Crippen LogP) is 3.25. The number of carbonyl (C=O) groups is 1. The van der Waals surface area contributed by atoms with Crippen molar-refractivity contribution in [3.8, 4) is 0 Å². The molecule has 0 saturated carbocycles. The molecule has 1 aliphatic heterocycles. The van der Waals surface area contributed by atoms with E-state index in [9.17, 15) is 4.79 Å². The second kappa shape index (κ2) is 7.61. The number of aromatic nitrogens is 1. The first-order valence-electron chi connectivity index (χ1n) is 9.88. The molecule has 0 spiro atoms. The van der Waals surface area contributed by atoms with Gasteiger partial charge in [-0.1, -0.05) is 81.4 Å². The van der Waals surface area contributed by atoms with Crippen LogP contribution in [-0.2, 0) is 4.43 Å². The number of benzene rings is 2. The lowest BCUT2D eigenvalue weighted by Crippen LogP contribution is -2.70. The molecular formula is C23H26N2O3Si. The third-order valence-corrected chi connectivity index (χ3v) is 10.6. The van der Waals surface area contributed by atoms with Gasteiger partial charge in [0.25, 0.3) is 14.3 Å². The van der Waals surface area contributed by atoms with E-state index < -0.39 is 8.32 Å². The van der Waals surface area contributed by atoms with Crippen molar-refractivity contribution in [2.75, 3.05) is 18.0 Å². The Morgan fingerprint density at radius 3 is 2.03 bits per heavy atom. The average molecular weight is 407 g/mol. The predicted molar refractivity (Wildman–Crippen MR) is 117 cm³/mol. The average Bonchev–Trinajstić information content (AvgIpc) is 3.16. The number of aldehydes is 1. The number of hydrogen-bond donors (Lipinski definition) is 0. The Balaban J connectivity index is 1.66. The first-order valence-corrected chi connectivity index (χ1v) is 11.8. The molecule has 2 heterocycles. The fourth-order valence-electron chi connectivity index (χ4n) is 4.09. The SMILES string of the molecule is CC(C)(C)[Si](OC1CN(c2nc(C=O)co2)C1)(c1ccccc1)c1ccccc1. The van der Waals surface area contributed by atoms with Crippen molar-refractivity contribution in [3.05, 3.63) is 72.6 Å². The molecule has 29 heavy (non-hydrogen) atoms. The summed E-state index contributed by atoms with van der Waals surface area (Å²) >= 11 is 0. The molecule has 1 fully saturated rings. The van der Waals surface area contributed by atoms with E-state index in [1.54, 1.807) is 0 Å². The van der Waals surface area contributed by atoms with Crippen LogP contribution in [0.25, 0.3) is 0 Å². The van der Waals surface area contributed by atoms with Crippen LogP contribution in [0.3, 0.4) is 0 Å². The smallest absolute Gasteiger partial charge is 0.298 e. The highest BCUT2D eigenvalue weighted by atomic mass is 28.4. The number of carbonyl (C=O) groups excluding carboxylic acids is 1. The lowest BCUT2D eigenvalue weighted by Gasteiger charge is -2.49. The van der Waals surface area contributed by atoms with E-state index in [4.69, 9.17) is 8.84 Å². The summed E-state index contributed by atoms with van der Waals surface area (Å²) in [5.41, 5.74) is 0.316. The van der Waals surface area contributed by atoms with E-state index >= 15 is 0 Å². The Labute approximate surface area is 172 Å². The van der Waals surface area contributed by atoms with Gasteiger partial charge in [-0.3, -0.25) is 4.79 Å². The van der Waals surface area contributed by atoms with E-state index in [-0.39, 0.29) is 11.1 Å². The molecule has 4 rings (SSSR count). The number of nitrogens with zero attached hydrogens (tertiary/aromatic N) is 2. The summed E-state index contributed by atoms with van der Waals surface area (Å²) in [5.74, 6) is 0. The standard InChI is InChI=1S/C23H26N2O3Si/c1-23(2,3)29(20-10-6-4-7-11-20,21-12-8-5-9-13-21)28-19-14-25(15-19)22-24-18(16-26)17-27-22/h4-13,16-17,19H,14-15H2,1-3H3. The van der Waals surface area contributed by atoms with Crippen LogP contribution in [-0.4, -0.2) is 38.8 Å². The van der Waals surface area contributed by atoms with Gasteiger partial charge in [0, 0.05) is 13.1 Å². The van der Waals surface area contributed by atoms with Gasteiger partial charge in [0.2, 0.25) is 0 Å². The summed E-state index contributed by atoms with van der Waals surface area (Å²) in [6, 6.07) is 21.8. The van der Waals surface area contributed by atoms with Crippen LogP contribution in [0.15, 0.2) is 71.3 Å². The van der Waals surface area contributed by atoms with Crippen molar-refractivity contribution in [1.29, 1.82) is 0 Å². The molecule has 0 aliphatic carbocycles. The third-order valence-electron chi connectivity index (χ3n) is 5.51. The van der Waals surface area contributed by atoms with E-state index in [2.05, 4.69) is 86.4 Å². The fraction of sp³-hybridized carbons (Fsp3) is 0.304. The maximum absolute atomic E-state index is 10.9. The van der Waals surface area contributed by atoms with Gasteiger partial charge in [-0.25, -0.2) is 0 Å². The minimum atomic E-state index is -2.55. The van der Waals surface area contributed by atoms with Crippen molar-refractivity contribution in [3.63, 3.8) is 0 Å². The molecule has 1 saturated heterocycles. The molecule has 6 heteroatoms. The van der Waals surface area contributed by atoms with Crippen molar-refractivity contribution >= 4 is 31.0 Å². The van der Waals surface area contributed by atoms with E-state index in [0.29, 0.717) is 31.1 Å². The van der Waals surface area contributed by atoms with Crippen LogP contribution >= 0.6 is 0 Å². The van der Waals surface area contributed by atoms with Gasteiger partial charge in [0.15, 0.2) is 6.29 Å². The minimum absolute atomic E-state index is 0.0518. The summed E-state index contributed by atoms with van der Waals surface area (Å²) in [5, 5.41) is 2.50. The molecule has 3 aromatic rings. The molecule has 0 bridgehead atoms.